The number of sulfonamides is 1. The minimum absolute atomic E-state index is 0.000959. The van der Waals surface area contributed by atoms with Crippen LogP contribution in [-0.4, -0.2) is 25.6 Å². The highest BCUT2D eigenvalue weighted by Gasteiger charge is 2.12. The summed E-state index contributed by atoms with van der Waals surface area (Å²) >= 11 is 0. The molecule has 3 N–H and O–H groups in total. The lowest BCUT2D eigenvalue weighted by Crippen LogP contribution is -2.18. The van der Waals surface area contributed by atoms with Gasteiger partial charge in [0.15, 0.2) is 0 Å². The summed E-state index contributed by atoms with van der Waals surface area (Å²) in [5.41, 5.74) is 0.880. The molecule has 0 heterocycles. The van der Waals surface area contributed by atoms with Crippen LogP contribution >= 0.6 is 0 Å². The number of phenolic OH excluding ortho intramolecular Hbond substituents is 1. The summed E-state index contributed by atoms with van der Waals surface area (Å²) in [4.78, 5) is 13.0. The number of phenols is 1. The summed E-state index contributed by atoms with van der Waals surface area (Å²) in [5, 5.41) is 15.7. The smallest absolute Gasteiger partial charge is 0.276 e. The van der Waals surface area contributed by atoms with Gasteiger partial charge in [-0.1, -0.05) is 12.1 Å². The number of nitrogens with one attached hydrogen (secondary N) is 2. The van der Waals surface area contributed by atoms with Crippen molar-refractivity contribution in [3.63, 3.8) is 0 Å². The SMILES string of the molecule is CC(=O)Nc1ccc(S(=O)(=O)N/N=C\c2ccccc2O)cc1. The molecule has 1 amide bonds. The maximum atomic E-state index is 12.1. The van der Waals surface area contributed by atoms with Gasteiger partial charge in [0.1, 0.15) is 5.75 Å². The number of para-hydroxylation sites is 1. The van der Waals surface area contributed by atoms with Crippen LogP contribution in [0.1, 0.15) is 12.5 Å². The van der Waals surface area contributed by atoms with Gasteiger partial charge < -0.3 is 10.4 Å². The summed E-state index contributed by atoms with van der Waals surface area (Å²) in [7, 11) is -3.83. The zero-order chi connectivity index (χ0) is 16.9. The lowest BCUT2D eigenvalue weighted by molar-refractivity contribution is -0.114. The number of hydrogen-bond acceptors (Lipinski definition) is 5. The number of amides is 1. The molecule has 0 radical (unpaired) electrons. The van der Waals surface area contributed by atoms with E-state index in [2.05, 4.69) is 15.2 Å². The highest BCUT2D eigenvalue weighted by molar-refractivity contribution is 7.89. The number of nitrogens with zero attached hydrogens (tertiary/aromatic N) is 1. The molecule has 0 aromatic heterocycles. The van der Waals surface area contributed by atoms with Gasteiger partial charge in [-0.05, 0) is 36.4 Å². The molecule has 0 spiro atoms. The number of carbonyl (C=O) groups excluding carboxylic acids is 1. The molecule has 7 nitrogen and oxygen atoms in total. The van der Waals surface area contributed by atoms with Crippen LogP contribution in [-0.2, 0) is 14.8 Å². The molecule has 0 bridgehead atoms. The fraction of sp³-hybridized carbons (Fsp3) is 0.0667. The van der Waals surface area contributed by atoms with E-state index in [-0.39, 0.29) is 16.6 Å². The second-order valence-electron chi connectivity index (χ2n) is 4.62. The lowest BCUT2D eigenvalue weighted by atomic mass is 10.2. The first kappa shape index (κ1) is 16.5. The predicted octanol–water partition coefficient (Wildman–Crippen LogP) is 1.66. The van der Waals surface area contributed by atoms with Crippen LogP contribution in [0.3, 0.4) is 0 Å². The summed E-state index contributed by atoms with van der Waals surface area (Å²) in [6.07, 6.45) is 1.21. The fourth-order valence-electron chi connectivity index (χ4n) is 1.74. The van der Waals surface area contributed by atoms with Crippen LogP contribution in [0.25, 0.3) is 0 Å². The van der Waals surface area contributed by atoms with Crippen molar-refractivity contribution >= 4 is 27.8 Å². The summed E-state index contributed by atoms with van der Waals surface area (Å²) in [5.74, 6) is -0.249. The first-order valence-corrected chi connectivity index (χ1v) is 8.07. The van der Waals surface area contributed by atoms with Crippen LogP contribution in [0.15, 0.2) is 58.5 Å². The number of carbonyl (C=O) groups is 1. The Morgan fingerprint density at radius 2 is 1.78 bits per heavy atom. The third kappa shape index (κ3) is 4.55. The van der Waals surface area contributed by atoms with Crippen LogP contribution in [0.2, 0.25) is 0 Å². The molecule has 2 rings (SSSR count). The molecule has 0 aliphatic carbocycles. The lowest BCUT2D eigenvalue weighted by Gasteiger charge is -2.05. The first-order chi connectivity index (χ1) is 10.9. The number of hydrogen-bond donors (Lipinski definition) is 3. The van der Waals surface area contributed by atoms with Crippen molar-refractivity contribution in [2.24, 2.45) is 5.10 Å². The van der Waals surface area contributed by atoms with Crippen LogP contribution < -0.4 is 10.1 Å². The zero-order valence-electron chi connectivity index (χ0n) is 12.2. The molecule has 0 fully saturated rings. The standard InChI is InChI=1S/C15H15N3O4S/c1-11(19)17-13-6-8-14(9-7-13)23(21,22)18-16-10-12-4-2-3-5-15(12)20/h2-10,18,20H,1H3,(H,17,19)/b16-10-. The first-order valence-electron chi connectivity index (χ1n) is 6.59. The molecule has 0 atom stereocenters. The van der Waals surface area contributed by atoms with E-state index < -0.39 is 10.0 Å². The van der Waals surface area contributed by atoms with E-state index in [9.17, 15) is 18.3 Å². The highest BCUT2D eigenvalue weighted by atomic mass is 32.2. The Bertz CT molecular complexity index is 830. The van der Waals surface area contributed by atoms with Crippen molar-refractivity contribution in [2.45, 2.75) is 11.8 Å². The van der Waals surface area contributed by atoms with Gasteiger partial charge in [-0.3, -0.25) is 4.79 Å². The quantitative estimate of drug-likeness (QED) is 0.571. The average molecular weight is 333 g/mol. The zero-order valence-corrected chi connectivity index (χ0v) is 13.0. The summed E-state index contributed by atoms with van der Waals surface area (Å²) < 4.78 is 24.1. The van der Waals surface area contributed by atoms with Crippen molar-refractivity contribution in [1.29, 1.82) is 0 Å². The number of hydrazone groups is 1. The van der Waals surface area contributed by atoms with E-state index in [1.165, 1.54) is 43.5 Å². The Balaban J connectivity index is 2.10. The maximum Gasteiger partial charge on any atom is 0.276 e. The van der Waals surface area contributed by atoms with E-state index in [0.717, 1.165) is 0 Å². The second kappa shape index (κ2) is 6.93. The Labute approximate surface area is 133 Å². The molecular weight excluding hydrogens is 318 g/mol. The molecule has 2 aromatic carbocycles. The van der Waals surface area contributed by atoms with Gasteiger partial charge in [0.05, 0.1) is 11.1 Å². The second-order valence-corrected chi connectivity index (χ2v) is 6.28. The Morgan fingerprint density at radius 1 is 1.13 bits per heavy atom. The molecule has 8 heteroatoms. The Hall–Kier alpha value is -2.87. The van der Waals surface area contributed by atoms with Crippen LogP contribution in [0, 0.1) is 0 Å². The van der Waals surface area contributed by atoms with Gasteiger partial charge in [-0.15, -0.1) is 0 Å². The topological polar surface area (TPSA) is 108 Å². The van der Waals surface area contributed by atoms with Crippen molar-refractivity contribution in [1.82, 2.24) is 4.83 Å². The number of anilines is 1. The monoisotopic (exact) mass is 333 g/mol. The molecule has 0 unspecified atom stereocenters. The predicted molar refractivity (Wildman–Crippen MR) is 86.8 cm³/mol. The highest BCUT2D eigenvalue weighted by Crippen LogP contribution is 2.15. The molecule has 0 aliphatic heterocycles. The molecule has 0 saturated carbocycles. The normalized spacial score (nSPS) is 11.3. The molecule has 2 aromatic rings. The average Bonchev–Trinajstić information content (AvgIpc) is 2.49. The minimum atomic E-state index is -3.83. The van der Waals surface area contributed by atoms with Gasteiger partial charge in [0, 0.05) is 18.2 Å². The van der Waals surface area contributed by atoms with Gasteiger partial charge in [-0.2, -0.15) is 13.5 Å². The van der Waals surface area contributed by atoms with Crippen molar-refractivity contribution in [2.75, 3.05) is 5.32 Å². The number of benzene rings is 2. The van der Waals surface area contributed by atoms with Gasteiger partial charge in [-0.25, -0.2) is 4.83 Å². The van der Waals surface area contributed by atoms with Crippen molar-refractivity contribution in [3.05, 3.63) is 54.1 Å². The largest absolute Gasteiger partial charge is 0.507 e. The third-order valence-corrected chi connectivity index (χ3v) is 4.04. The van der Waals surface area contributed by atoms with E-state index in [1.54, 1.807) is 18.2 Å². The number of aromatic hydroxyl groups is 1. The van der Waals surface area contributed by atoms with Crippen molar-refractivity contribution in [3.8, 4) is 5.75 Å². The molecule has 120 valence electrons. The third-order valence-electron chi connectivity index (χ3n) is 2.80. The molecule has 23 heavy (non-hydrogen) atoms. The van der Waals surface area contributed by atoms with Gasteiger partial charge in [0.2, 0.25) is 5.91 Å². The van der Waals surface area contributed by atoms with Gasteiger partial charge in [0.25, 0.3) is 10.0 Å². The Morgan fingerprint density at radius 3 is 2.39 bits per heavy atom. The fourth-order valence-corrected chi connectivity index (χ4v) is 2.53. The minimum Gasteiger partial charge on any atom is -0.507 e. The van der Waals surface area contributed by atoms with E-state index in [4.69, 9.17) is 0 Å². The van der Waals surface area contributed by atoms with E-state index >= 15 is 0 Å². The summed E-state index contributed by atoms with van der Waals surface area (Å²) in [6.45, 7) is 1.36. The molecule has 0 saturated heterocycles. The van der Waals surface area contributed by atoms with E-state index in [0.29, 0.717) is 11.3 Å². The maximum absolute atomic E-state index is 12.1. The van der Waals surface area contributed by atoms with Crippen LogP contribution in [0.4, 0.5) is 5.69 Å². The molecule has 0 aliphatic rings. The summed E-state index contributed by atoms with van der Waals surface area (Å²) in [6, 6.07) is 12.0. The molecular formula is C15H15N3O4S. The Kier molecular flexibility index (Phi) is 4.97. The van der Waals surface area contributed by atoms with E-state index in [1.807, 2.05) is 0 Å². The van der Waals surface area contributed by atoms with Gasteiger partial charge >= 0.3 is 0 Å². The van der Waals surface area contributed by atoms with Crippen LogP contribution in [0.5, 0.6) is 5.75 Å². The van der Waals surface area contributed by atoms with Crippen molar-refractivity contribution < 1.29 is 18.3 Å². The number of rotatable bonds is 5.